The van der Waals surface area contributed by atoms with E-state index in [9.17, 15) is 4.79 Å². The van der Waals surface area contributed by atoms with Crippen LogP contribution in [0.1, 0.15) is 23.3 Å². The number of rotatable bonds is 4. The number of ether oxygens (including phenoxy) is 1. The number of fused-ring (bicyclic) bond motifs is 1. The molecule has 0 unspecified atom stereocenters. The SMILES string of the molecule is O=C(c1nccn2ccnc12)N1CCC[C@H]1COc1ccccc1. The fourth-order valence-corrected chi connectivity index (χ4v) is 3.13. The van der Waals surface area contributed by atoms with E-state index in [-0.39, 0.29) is 11.9 Å². The average Bonchev–Trinajstić information content (AvgIpc) is 3.29. The first kappa shape index (κ1) is 14.7. The van der Waals surface area contributed by atoms with Crippen LogP contribution in [0.2, 0.25) is 0 Å². The number of benzene rings is 1. The van der Waals surface area contributed by atoms with E-state index >= 15 is 0 Å². The summed E-state index contributed by atoms with van der Waals surface area (Å²) in [5.74, 6) is 0.747. The summed E-state index contributed by atoms with van der Waals surface area (Å²) in [6, 6.07) is 9.75. The summed E-state index contributed by atoms with van der Waals surface area (Å²) in [6.45, 7) is 1.22. The summed E-state index contributed by atoms with van der Waals surface area (Å²) < 4.78 is 7.65. The third kappa shape index (κ3) is 2.71. The first-order valence-electron chi connectivity index (χ1n) is 8.09. The Kier molecular flexibility index (Phi) is 3.86. The van der Waals surface area contributed by atoms with E-state index in [2.05, 4.69) is 9.97 Å². The standard InChI is InChI=1S/C18H18N4O2/c23-18(16-17-20-9-12-21(17)11-8-19-16)22-10-4-5-14(22)13-24-15-6-2-1-3-7-15/h1-3,6-9,11-12,14H,4-5,10,13H2/t14-/m0/s1. The Morgan fingerprint density at radius 1 is 1.17 bits per heavy atom. The van der Waals surface area contributed by atoms with Gasteiger partial charge in [-0.25, -0.2) is 9.97 Å². The van der Waals surface area contributed by atoms with Crippen LogP contribution >= 0.6 is 0 Å². The van der Waals surface area contributed by atoms with Crippen molar-refractivity contribution in [3.63, 3.8) is 0 Å². The molecule has 6 nitrogen and oxygen atoms in total. The molecule has 1 amide bonds. The topological polar surface area (TPSA) is 59.7 Å². The van der Waals surface area contributed by atoms with Gasteiger partial charge in [-0.05, 0) is 25.0 Å². The second-order valence-corrected chi connectivity index (χ2v) is 5.85. The predicted molar refractivity (Wildman–Crippen MR) is 89.0 cm³/mol. The molecule has 3 heterocycles. The van der Waals surface area contributed by atoms with Crippen molar-refractivity contribution < 1.29 is 9.53 Å². The Bertz CT molecular complexity index is 846. The lowest BCUT2D eigenvalue weighted by Crippen LogP contribution is -2.39. The van der Waals surface area contributed by atoms with Crippen molar-refractivity contribution in [1.82, 2.24) is 19.3 Å². The molecule has 0 radical (unpaired) electrons. The molecule has 1 aliphatic heterocycles. The van der Waals surface area contributed by atoms with Crippen LogP contribution in [0.4, 0.5) is 0 Å². The summed E-state index contributed by atoms with van der Waals surface area (Å²) in [4.78, 5) is 23.3. The van der Waals surface area contributed by atoms with E-state index in [0.717, 1.165) is 25.1 Å². The van der Waals surface area contributed by atoms with Gasteiger partial charge in [0.15, 0.2) is 11.3 Å². The molecule has 0 N–H and O–H groups in total. The van der Waals surface area contributed by atoms with Crippen LogP contribution in [0.25, 0.3) is 5.65 Å². The van der Waals surface area contributed by atoms with Crippen LogP contribution < -0.4 is 4.74 Å². The number of para-hydroxylation sites is 1. The number of likely N-dealkylation sites (tertiary alicyclic amines) is 1. The molecule has 2 aromatic heterocycles. The quantitative estimate of drug-likeness (QED) is 0.740. The lowest BCUT2D eigenvalue weighted by atomic mass is 10.2. The molecule has 0 spiro atoms. The Morgan fingerprint density at radius 3 is 2.79 bits per heavy atom. The number of hydrogen-bond donors (Lipinski definition) is 0. The van der Waals surface area contributed by atoms with Gasteiger partial charge in [0.1, 0.15) is 12.4 Å². The lowest BCUT2D eigenvalue weighted by Gasteiger charge is -2.24. The maximum Gasteiger partial charge on any atom is 0.276 e. The lowest BCUT2D eigenvalue weighted by molar-refractivity contribution is 0.0687. The number of nitrogens with zero attached hydrogens (tertiary/aromatic N) is 4. The number of carbonyl (C=O) groups excluding carboxylic acids is 1. The van der Waals surface area contributed by atoms with Gasteiger partial charge in [0, 0.05) is 31.3 Å². The minimum Gasteiger partial charge on any atom is -0.491 e. The van der Waals surface area contributed by atoms with Crippen molar-refractivity contribution in [3.05, 3.63) is 60.8 Å². The van der Waals surface area contributed by atoms with Gasteiger partial charge >= 0.3 is 0 Å². The minimum atomic E-state index is -0.0778. The number of imidazole rings is 1. The van der Waals surface area contributed by atoms with Crippen molar-refractivity contribution in [2.45, 2.75) is 18.9 Å². The zero-order chi connectivity index (χ0) is 16.4. The second kappa shape index (κ2) is 6.31. The van der Waals surface area contributed by atoms with Gasteiger partial charge in [-0.1, -0.05) is 18.2 Å². The van der Waals surface area contributed by atoms with Crippen LogP contribution in [0.3, 0.4) is 0 Å². The maximum absolute atomic E-state index is 12.9. The molecule has 4 rings (SSSR count). The number of aromatic nitrogens is 3. The average molecular weight is 322 g/mol. The summed E-state index contributed by atoms with van der Waals surface area (Å²) in [6.07, 6.45) is 8.83. The molecule has 1 fully saturated rings. The Balaban J connectivity index is 1.52. The first-order valence-corrected chi connectivity index (χ1v) is 8.09. The molecular formula is C18H18N4O2. The monoisotopic (exact) mass is 322 g/mol. The highest BCUT2D eigenvalue weighted by Crippen LogP contribution is 2.22. The summed E-state index contributed by atoms with van der Waals surface area (Å²) in [5.41, 5.74) is 0.992. The molecule has 3 aromatic rings. The Hall–Kier alpha value is -2.89. The third-order valence-corrected chi connectivity index (χ3v) is 4.34. The zero-order valence-corrected chi connectivity index (χ0v) is 13.2. The van der Waals surface area contributed by atoms with Crippen LogP contribution in [-0.4, -0.2) is 44.4 Å². The highest BCUT2D eigenvalue weighted by molar-refractivity contribution is 5.98. The van der Waals surface area contributed by atoms with E-state index in [4.69, 9.17) is 4.74 Å². The van der Waals surface area contributed by atoms with Gasteiger partial charge in [0.2, 0.25) is 0 Å². The molecule has 122 valence electrons. The number of hydrogen-bond acceptors (Lipinski definition) is 4. The van der Waals surface area contributed by atoms with Crippen molar-refractivity contribution in [2.24, 2.45) is 0 Å². The van der Waals surface area contributed by atoms with Gasteiger partial charge in [0.25, 0.3) is 5.91 Å². The van der Waals surface area contributed by atoms with Crippen LogP contribution in [-0.2, 0) is 0 Å². The highest BCUT2D eigenvalue weighted by Gasteiger charge is 2.31. The third-order valence-electron chi connectivity index (χ3n) is 4.34. The van der Waals surface area contributed by atoms with Crippen molar-refractivity contribution >= 4 is 11.6 Å². The van der Waals surface area contributed by atoms with Gasteiger partial charge in [-0.3, -0.25) is 4.79 Å². The van der Waals surface area contributed by atoms with Crippen LogP contribution in [0.15, 0.2) is 55.1 Å². The summed E-state index contributed by atoms with van der Waals surface area (Å²) in [5, 5.41) is 0. The Morgan fingerprint density at radius 2 is 1.96 bits per heavy atom. The van der Waals surface area contributed by atoms with E-state index in [1.165, 1.54) is 0 Å². The largest absolute Gasteiger partial charge is 0.491 e. The molecule has 0 saturated carbocycles. The molecule has 1 saturated heterocycles. The first-order chi connectivity index (χ1) is 11.8. The molecule has 24 heavy (non-hydrogen) atoms. The highest BCUT2D eigenvalue weighted by atomic mass is 16.5. The summed E-state index contributed by atoms with van der Waals surface area (Å²) >= 11 is 0. The van der Waals surface area contributed by atoms with Gasteiger partial charge in [-0.15, -0.1) is 0 Å². The smallest absolute Gasteiger partial charge is 0.276 e. The van der Waals surface area contributed by atoms with Crippen molar-refractivity contribution in [1.29, 1.82) is 0 Å². The molecule has 1 aliphatic rings. The van der Waals surface area contributed by atoms with E-state index in [1.54, 1.807) is 18.6 Å². The van der Waals surface area contributed by atoms with E-state index in [1.807, 2.05) is 45.8 Å². The van der Waals surface area contributed by atoms with Crippen LogP contribution in [0, 0.1) is 0 Å². The predicted octanol–water partition coefficient (Wildman–Crippen LogP) is 2.41. The fourth-order valence-electron chi connectivity index (χ4n) is 3.13. The molecule has 0 bridgehead atoms. The number of amides is 1. The maximum atomic E-state index is 12.9. The molecule has 6 heteroatoms. The number of carbonyl (C=O) groups is 1. The van der Waals surface area contributed by atoms with E-state index < -0.39 is 0 Å². The fraction of sp³-hybridized carbons (Fsp3) is 0.278. The minimum absolute atomic E-state index is 0.0646. The van der Waals surface area contributed by atoms with Gasteiger partial charge in [0.05, 0.1) is 6.04 Å². The molecular weight excluding hydrogens is 304 g/mol. The van der Waals surface area contributed by atoms with Gasteiger partial charge < -0.3 is 14.0 Å². The zero-order valence-electron chi connectivity index (χ0n) is 13.2. The van der Waals surface area contributed by atoms with Crippen molar-refractivity contribution in [2.75, 3.05) is 13.2 Å². The van der Waals surface area contributed by atoms with Gasteiger partial charge in [-0.2, -0.15) is 0 Å². The normalized spacial score (nSPS) is 17.3. The summed E-state index contributed by atoms with van der Waals surface area (Å²) in [7, 11) is 0. The Labute approximate surface area is 139 Å². The van der Waals surface area contributed by atoms with E-state index in [0.29, 0.717) is 17.9 Å². The van der Waals surface area contributed by atoms with Crippen molar-refractivity contribution in [3.8, 4) is 5.75 Å². The van der Waals surface area contributed by atoms with Crippen LogP contribution in [0.5, 0.6) is 5.75 Å². The molecule has 0 aliphatic carbocycles. The molecule has 1 atom stereocenters. The second-order valence-electron chi connectivity index (χ2n) is 5.85. The molecule has 1 aromatic carbocycles.